The number of aromatic nitrogens is 2. The molecule has 3 aromatic rings. The number of thiocarbonyl (C=S) groups is 1. The zero-order chi connectivity index (χ0) is 19.6. The normalized spacial score (nSPS) is 22.6. The third-order valence-corrected chi connectivity index (χ3v) is 6.53. The largest absolute Gasteiger partial charge is 0.351 e. The van der Waals surface area contributed by atoms with Gasteiger partial charge in [-0.2, -0.15) is 0 Å². The van der Waals surface area contributed by atoms with E-state index in [-0.39, 0.29) is 12.1 Å². The number of nitrogens with one attached hydrogen (secondary N) is 1. The predicted molar refractivity (Wildman–Crippen MR) is 121 cm³/mol. The first kappa shape index (κ1) is 18.4. The molecule has 0 unspecified atom stereocenters. The molecular weight excluding hydrogens is 376 g/mol. The summed E-state index contributed by atoms with van der Waals surface area (Å²) in [5.41, 5.74) is 3.45. The van der Waals surface area contributed by atoms with Crippen LogP contribution in [0.3, 0.4) is 0 Å². The fraction of sp³-hybridized carbons (Fsp3) is 0.333. The van der Waals surface area contributed by atoms with Gasteiger partial charge >= 0.3 is 0 Å². The Morgan fingerprint density at radius 1 is 0.897 bits per heavy atom. The van der Waals surface area contributed by atoms with Crippen molar-refractivity contribution in [3.63, 3.8) is 0 Å². The minimum Gasteiger partial charge on any atom is -0.351 e. The molecule has 2 aliphatic rings. The van der Waals surface area contributed by atoms with Gasteiger partial charge in [0.15, 0.2) is 5.11 Å². The lowest BCUT2D eigenvalue weighted by molar-refractivity contribution is 0.340. The van der Waals surface area contributed by atoms with E-state index in [1.165, 1.54) is 37.8 Å². The summed E-state index contributed by atoms with van der Waals surface area (Å²) < 4.78 is 2.51. The van der Waals surface area contributed by atoms with Crippen LogP contribution in [0.1, 0.15) is 61.6 Å². The van der Waals surface area contributed by atoms with Crippen LogP contribution in [-0.4, -0.2) is 14.7 Å². The number of anilines is 1. The zero-order valence-corrected chi connectivity index (χ0v) is 17.3. The van der Waals surface area contributed by atoms with Crippen molar-refractivity contribution < 1.29 is 0 Å². The zero-order valence-electron chi connectivity index (χ0n) is 16.4. The Bertz CT molecular complexity index is 963. The Hall–Kier alpha value is -2.66. The van der Waals surface area contributed by atoms with Gasteiger partial charge in [0, 0.05) is 29.8 Å². The summed E-state index contributed by atoms with van der Waals surface area (Å²) in [6.45, 7) is 0. The highest BCUT2D eigenvalue weighted by molar-refractivity contribution is 7.80. The lowest BCUT2D eigenvalue weighted by Crippen LogP contribution is -2.31. The quantitative estimate of drug-likeness (QED) is 0.579. The van der Waals surface area contributed by atoms with E-state index >= 15 is 0 Å². The smallest absolute Gasteiger partial charge is 0.174 e. The molecule has 5 heteroatoms. The summed E-state index contributed by atoms with van der Waals surface area (Å²) in [5.74, 6) is 0. The molecule has 3 heterocycles. The second-order valence-electron chi connectivity index (χ2n) is 7.96. The van der Waals surface area contributed by atoms with Crippen molar-refractivity contribution in [2.75, 3.05) is 4.90 Å². The van der Waals surface area contributed by atoms with E-state index in [0.717, 1.165) is 16.5 Å². The molecular formula is C24H26N4S. The van der Waals surface area contributed by atoms with Crippen LogP contribution < -0.4 is 10.2 Å². The molecule has 0 amide bonds. The molecule has 0 spiro atoms. The third-order valence-electron chi connectivity index (χ3n) is 6.22. The fourth-order valence-electron chi connectivity index (χ4n) is 4.87. The van der Waals surface area contributed by atoms with E-state index in [1.54, 1.807) is 0 Å². The standard InChI is InChI=1S/C24H26N4S/c29-24-26-22(20-14-7-8-16-25-20)23(28(24)19-12-5-2-6-13-19)21-15-9-17-27(21)18-10-3-1-4-11-18/h2,5-9,12-18,22-23H,1,3-4,10-11H2,(H,26,29)/t22-,23-/m1/s1. The van der Waals surface area contributed by atoms with Gasteiger partial charge < -0.3 is 14.8 Å². The van der Waals surface area contributed by atoms with Crippen LogP contribution >= 0.6 is 12.2 Å². The molecule has 1 aliphatic heterocycles. The summed E-state index contributed by atoms with van der Waals surface area (Å²) >= 11 is 5.83. The second-order valence-corrected chi connectivity index (χ2v) is 8.35. The van der Waals surface area contributed by atoms with E-state index in [9.17, 15) is 0 Å². The Labute approximate surface area is 177 Å². The molecule has 2 fully saturated rings. The molecule has 148 valence electrons. The molecule has 0 radical (unpaired) electrons. The number of nitrogens with zero attached hydrogens (tertiary/aromatic N) is 3. The molecule has 2 atom stereocenters. The highest BCUT2D eigenvalue weighted by Crippen LogP contribution is 2.43. The molecule has 1 N–H and O–H groups in total. The van der Waals surface area contributed by atoms with Crippen LogP contribution in [0.5, 0.6) is 0 Å². The van der Waals surface area contributed by atoms with E-state index < -0.39 is 0 Å². The van der Waals surface area contributed by atoms with Crippen LogP contribution in [0.15, 0.2) is 73.1 Å². The maximum Gasteiger partial charge on any atom is 0.174 e. The van der Waals surface area contributed by atoms with Crippen LogP contribution in [-0.2, 0) is 0 Å². The number of para-hydroxylation sites is 1. The Morgan fingerprint density at radius 2 is 1.69 bits per heavy atom. The summed E-state index contributed by atoms with van der Waals surface area (Å²) in [7, 11) is 0. The number of rotatable bonds is 4. The summed E-state index contributed by atoms with van der Waals surface area (Å²) in [5, 5.41) is 4.33. The summed E-state index contributed by atoms with van der Waals surface area (Å²) in [6, 6.07) is 21.7. The van der Waals surface area contributed by atoms with Crippen molar-refractivity contribution in [1.82, 2.24) is 14.9 Å². The van der Waals surface area contributed by atoms with Crippen molar-refractivity contribution >= 4 is 23.0 Å². The molecule has 4 nitrogen and oxygen atoms in total. The topological polar surface area (TPSA) is 33.1 Å². The highest BCUT2D eigenvalue weighted by atomic mass is 32.1. The van der Waals surface area contributed by atoms with Gasteiger partial charge in [0.1, 0.15) is 6.04 Å². The SMILES string of the molecule is S=C1N[C@H](c2ccccn2)[C@@H](c2cccn2C2CCCCC2)N1c1ccccc1. The van der Waals surface area contributed by atoms with Crippen molar-refractivity contribution in [2.24, 2.45) is 0 Å². The monoisotopic (exact) mass is 402 g/mol. The highest BCUT2D eigenvalue weighted by Gasteiger charge is 2.42. The fourth-order valence-corrected chi connectivity index (χ4v) is 5.22. The third kappa shape index (κ3) is 3.44. The van der Waals surface area contributed by atoms with Gasteiger partial charge in [0.05, 0.1) is 11.7 Å². The summed E-state index contributed by atoms with van der Waals surface area (Å²) in [6.07, 6.45) is 10.6. The van der Waals surface area contributed by atoms with Gasteiger partial charge in [-0.25, -0.2) is 0 Å². The summed E-state index contributed by atoms with van der Waals surface area (Å²) in [4.78, 5) is 6.93. The van der Waals surface area contributed by atoms with Gasteiger partial charge in [-0.3, -0.25) is 4.98 Å². The lowest BCUT2D eigenvalue weighted by atomic mass is 9.94. The first-order chi connectivity index (χ1) is 14.3. The van der Waals surface area contributed by atoms with E-state index in [1.807, 2.05) is 18.3 Å². The Balaban J connectivity index is 1.61. The van der Waals surface area contributed by atoms with Crippen molar-refractivity contribution in [1.29, 1.82) is 0 Å². The van der Waals surface area contributed by atoms with Crippen LogP contribution in [0, 0.1) is 0 Å². The van der Waals surface area contributed by atoms with Gasteiger partial charge in [-0.15, -0.1) is 0 Å². The van der Waals surface area contributed by atoms with Crippen molar-refractivity contribution in [3.05, 3.63) is 84.4 Å². The average Bonchev–Trinajstić information content (AvgIpc) is 3.40. The lowest BCUT2D eigenvalue weighted by Gasteiger charge is -2.32. The minimum atomic E-state index is 0.0150. The molecule has 29 heavy (non-hydrogen) atoms. The van der Waals surface area contributed by atoms with E-state index in [4.69, 9.17) is 12.2 Å². The molecule has 5 rings (SSSR count). The van der Waals surface area contributed by atoms with Crippen molar-refractivity contribution in [2.45, 2.75) is 50.2 Å². The molecule has 1 aromatic carbocycles. The molecule has 2 aromatic heterocycles. The predicted octanol–water partition coefficient (Wildman–Crippen LogP) is 5.57. The van der Waals surface area contributed by atoms with Gasteiger partial charge in [0.25, 0.3) is 0 Å². The van der Waals surface area contributed by atoms with E-state index in [0.29, 0.717) is 6.04 Å². The Morgan fingerprint density at radius 3 is 2.45 bits per heavy atom. The first-order valence-corrected chi connectivity index (χ1v) is 11.0. The second kappa shape index (κ2) is 7.99. The van der Waals surface area contributed by atoms with Gasteiger partial charge in [0.2, 0.25) is 0 Å². The molecule has 0 bridgehead atoms. The van der Waals surface area contributed by atoms with Crippen LogP contribution in [0.4, 0.5) is 5.69 Å². The average molecular weight is 403 g/mol. The first-order valence-electron chi connectivity index (χ1n) is 10.6. The maximum absolute atomic E-state index is 5.83. The van der Waals surface area contributed by atoms with E-state index in [2.05, 4.69) is 74.5 Å². The van der Waals surface area contributed by atoms with Gasteiger partial charge in [-0.1, -0.05) is 43.5 Å². The van der Waals surface area contributed by atoms with Crippen LogP contribution in [0.25, 0.3) is 0 Å². The van der Waals surface area contributed by atoms with Crippen LogP contribution in [0.2, 0.25) is 0 Å². The number of hydrogen-bond acceptors (Lipinski definition) is 2. The Kier molecular flexibility index (Phi) is 5.06. The molecule has 1 saturated carbocycles. The van der Waals surface area contributed by atoms with Gasteiger partial charge in [-0.05, 0) is 61.5 Å². The molecule has 1 saturated heterocycles. The number of pyridine rings is 1. The minimum absolute atomic E-state index is 0.0150. The van der Waals surface area contributed by atoms with Crippen molar-refractivity contribution in [3.8, 4) is 0 Å². The molecule has 1 aliphatic carbocycles. The maximum atomic E-state index is 5.83. The number of benzene rings is 1. The number of hydrogen-bond donors (Lipinski definition) is 1.